The molecule has 0 unspecified atom stereocenters. The molecule has 2 aliphatic rings. The van der Waals surface area contributed by atoms with E-state index < -0.39 is 0 Å². The smallest absolute Gasteiger partial charge is 0.272 e. The third kappa shape index (κ3) is 5.44. The molecule has 0 aliphatic carbocycles. The Morgan fingerprint density at radius 1 is 1.09 bits per heavy atom. The van der Waals surface area contributed by atoms with Crippen LogP contribution in [-0.2, 0) is 10.3 Å². The first-order chi connectivity index (χ1) is 16.6. The third-order valence-electron chi connectivity index (χ3n) is 7.17. The van der Waals surface area contributed by atoms with Crippen LogP contribution in [0.4, 0.5) is 0 Å². The summed E-state index contributed by atoms with van der Waals surface area (Å²) >= 11 is 0. The quantitative estimate of drug-likeness (QED) is 0.593. The number of likely N-dealkylation sites (tertiary alicyclic amines) is 2. The van der Waals surface area contributed by atoms with Gasteiger partial charge in [0.1, 0.15) is 11.4 Å². The van der Waals surface area contributed by atoms with E-state index in [-0.39, 0.29) is 22.8 Å². The third-order valence-corrected chi connectivity index (χ3v) is 7.17. The first kappa shape index (κ1) is 25.0. The van der Waals surface area contributed by atoms with Crippen LogP contribution in [-0.4, -0.2) is 64.2 Å². The van der Waals surface area contributed by atoms with E-state index in [1.807, 2.05) is 64.7 Å². The number of nitrogens with zero attached hydrogens (tertiary/aromatic N) is 4. The van der Waals surface area contributed by atoms with E-state index in [0.717, 1.165) is 62.4 Å². The molecule has 0 bridgehead atoms. The van der Waals surface area contributed by atoms with Crippen molar-refractivity contribution in [1.29, 1.82) is 0 Å². The van der Waals surface area contributed by atoms with Crippen LogP contribution in [0.2, 0.25) is 0 Å². The Kier molecular flexibility index (Phi) is 7.06. The standard InChI is InChI=1S/C28H38N4O3/c1-6-35-24-10-8-7-9-22(24)11-12-25(33)30-16-13-28(14-17-30)15-18-31(20-28)26(34)23-19-21(2)29-32(23)27(3,4)5/h7-12,19H,6,13-18,20H2,1-5H3/b12-11+. The fourth-order valence-corrected chi connectivity index (χ4v) is 5.21. The average Bonchev–Trinajstić information content (AvgIpc) is 3.42. The van der Waals surface area contributed by atoms with Crippen LogP contribution in [0.3, 0.4) is 0 Å². The summed E-state index contributed by atoms with van der Waals surface area (Å²) in [5.41, 5.74) is 2.28. The van der Waals surface area contributed by atoms with Crippen molar-refractivity contribution in [3.8, 4) is 5.75 Å². The lowest BCUT2D eigenvalue weighted by Gasteiger charge is -2.39. The summed E-state index contributed by atoms with van der Waals surface area (Å²) in [4.78, 5) is 30.2. The summed E-state index contributed by atoms with van der Waals surface area (Å²) in [7, 11) is 0. The summed E-state index contributed by atoms with van der Waals surface area (Å²) < 4.78 is 7.51. The zero-order chi connectivity index (χ0) is 25.2. The zero-order valence-corrected chi connectivity index (χ0v) is 21.7. The van der Waals surface area contributed by atoms with Crippen molar-refractivity contribution in [2.75, 3.05) is 32.8 Å². The Bertz CT molecular complexity index is 1100. The van der Waals surface area contributed by atoms with E-state index >= 15 is 0 Å². The number of benzene rings is 1. The van der Waals surface area contributed by atoms with E-state index in [1.165, 1.54) is 0 Å². The highest BCUT2D eigenvalue weighted by Gasteiger charge is 2.43. The molecule has 35 heavy (non-hydrogen) atoms. The number of aromatic nitrogens is 2. The van der Waals surface area contributed by atoms with Gasteiger partial charge in [0.15, 0.2) is 0 Å². The Hall–Kier alpha value is -3.09. The van der Waals surface area contributed by atoms with Gasteiger partial charge in [-0.2, -0.15) is 5.10 Å². The Morgan fingerprint density at radius 3 is 2.40 bits per heavy atom. The van der Waals surface area contributed by atoms with Gasteiger partial charge in [0.25, 0.3) is 5.91 Å². The minimum absolute atomic E-state index is 0.0293. The zero-order valence-electron chi connectivity index (χ0n) is 21.7. The van der Waals surface area contributed by atoms with Gasteiger partial charge in [-0.15, -0.1) is 0 Å². The molecule has 0 atom stereocenters. The van der Waals surface area contributed by atoms with Gasteiger partial charge in [-0.05, 0) is 77.5 Å². The number of rotatable bonds is 5. The normalized spacial score (nSPS) is 18.0. The number of hydrogen-bond acceptors (Lipinski definition) is 4. The van der Waals surface area contributed by atoms with E-state index in [1.54, 1.807) is 6.08 Å². The van der Waals surface area contributed by atoms with E-state index in [2.05, 4.69) is 25.9 Å². The number of ether oxygens (including phenoxy) is 1. The van der Waals surface area contributed by atoms with Gasteiger partial charge in [-0.3, -0.25) is 14.3 Å². The average molecular weight is 479 g/mol. The summed E-state index contributed by atoms with van der Waals surface area (Å²) in [5, 5.41) is 4.57. The van der Waals surface area contributed by atoms with Gasteiger partial charge in [0.2, 0.25) is 5.91 Å². The fraction of sp³-hybridized carbons (Fsp3) is 0.536. The lowest BCUT2D eigenvalue weighted by Crippen LogP contribution is -2.44. The molecule has 0 saturated carbocycles. The maximum Gasteiger partial charge on any atom is 0.272 e. The summed E-state index contributed by atoms with van der Waals surface area (Å²) in [6, 6.07) is 9.65. The molecule has 7 heteroatoms. The van der Waals surface area contributed by atoms with Crippen LogP contribution < -0.4 is 4.74 Å². The largest absolute Gasteiger partial charge is 0.493 e. The molecule has 2 saturated heterocycles. The molecule has 1 spiro atoms. The van der Waals surface area contributed by atoms with Crippen molar-refractivity contribution in [3.63, 3.8) is 0 Å². The second kappa shape index (κ2) is 9.88. The van der Waals surface area contributed by atoms with E-state index in [9.17, 15) is 9.59 Å². The maximum atomic E-state index is 13.4. The molecule has 0 N–H and O–H groups in total. The Balaban J connectivity index is 1.36. The molecular weight excluding hydrogens is 440 g/mol. The topological polar surface area (TPSA) is 67.7 Å². The summed E-state index contributed by atoms with van der Waals surface area (Å²) in [6.07, 6.45) is 6.32. The summed E-state index contributed by atoms with van der Waals surface area (Å²) in [5.74, 6) is 0.879. The minimum Gasteiger partial charge on any atom is -0.493 e. The van der Waals surface area contributed by atoms with Crippen LogP contribution in [0.5, 0.6) is 5.75 Å². The maximum absolute atomic E-state index is 13.4. The predicted molar refractivity (Wildman–Crippen MR) is 137 cm³/mol. The number of para-hydroxylation sites is 1. The molecule has 2 amide bonds. The molecule has 7 nitrogen and oxygen atoms in total. The predicted octanol–water partition coefficient (Wildman–Crippen LogP) is 4.51. The molecule has 188 valence electrons. The number of aryl methyl sites for hydroxylation is 1. The van der Waals surface area contributed by atoms with Crippen molar-refractivity contribution in [1.82, 2.24) is 19.6 Å². The van der Waals surface area contributed by atoms with Gasteiger partial charge in [-0.25, -0.2) is 0 Å². The fourth-order valence-electron chi connectivity index (χ4n) is 5.21. The molecule has 3 heterocycles. The molecule has 0 radical (unpaired) electrons. The summed E-state index contributed by atoms with van der Waals surface area (Å²) in [6.45, 7) is 13.6. The van der Waals surface area contributed by atoms with Gasteiger partial charge in [0, 0.05) is 37.8 Å². The van der Waals surface area contributed by atoms with Gasteiger partial charge in [0.05, 0.1) is 17.8 Å². The van der Waals surface area contributed by atoms with Crippen LogP contribution >= 0.6 is 0 Å². The number of carbonyl (C=O) groups excluding carboxylic acids is 2. The highest BCUT2D eigenvalue weighted by molar-refractivity contribution is 5.93. The Morgan fingerprint density at radius 2 is 1.74 bits per heavy atom. The highest BCUT2D eigenvalue weighted by atomic mass is 16.5. The monoisotopic (exact) mass is 478 g/mol. The van der Waals surface area contributed by atoms with Gasteiger partial charge < -0.3 is 14.5 Å². The first-order valence-corrected chi connectivity index (χ1v) is 12.7. The van der Waals surface area contributed by atoms with Gasteiger partial charge >= 0.3 is 0 Å². The highest BCUT2D eigenvalue weighted by Crippen LogP contribution is 2.41. The van der Waals surface area contributed by atoms with Crippen LogP contribution in [0.15, 0.2) is 36.4 Å². The molecule has 4 rings (SSSR count). The van der Waals surface area contributed by atoms with Crippen molar-refractivity contribution in [2.24, 2.45) is 5.41 Å². The van der Waals surface area contributed by atoms with Crippen LogP contribution in [0, 0.1) is 12.3 Å². The van der Waals surface area contributed by atoms with Crippen LogP contribution in [0.25, 0.3) is 6.08 Å². The number of carbonyl (C=O) groups is 2. The lowest BCUT2D eigenvalue weighted by atomic mass is 9.78. The number of piperidine rings is 1. The molecule has 2 fully saturated rings. The lowest BCUT2D eigenvalue weighted by molar-refractivity contribution is -0.128. The SMILES string of the molecule is CCOc1ccccc1/C=C/C(=O)N1CCC2(CC1)CCN(C(=O)c1cc(C)nn1C(C)(C)C)C2. The van der Waals surface area contributed by atoms with Crippen molar-refractivity contribution >= 4 is 17.9 Å². The Labute approximate surface area is 208 Å². The van der Waals surface area contributed by atoms with Crippen molar-refractivity contribution in [2.45, 2.75) is 59.4 Å². The molecule has 1 aromatic heterocycles. The van der Waals surface area contributed by atoms with E-state index in [4.69, 9.17) is 4.74 Å². The van der Waals surface area contributed by atoms with Crippen molar-refractivity contribution < 1.29 is 14.3 Å². The molecule has 2 aromatic rings. The number of amides is 2. The molecule has 1 aromatic carbocycles. The second-order valence-electron chi connectivity index (χ2n) is 10.9. The van der Waals surface area contributed by atoms with Gasteiger partial charge in [-0.1, -0.05) is 18.2 Å². The number of hydrogen-bond donors (Lipinski definition) is 0. The van der Waals surface area contributed by atoms with Crippen LogP contribution in [0.1, 0.15) is 68.7 Å². The molecular formula is C28H38N4O3. The first-order valence-electron chi connectivity index (χ1n) is 12.7. The van der Waals surface area contributed by atoms with E-state index in [0.29, 0.717) is 12.3 Å². The minimum atomic E-state index is -0.251. The van der Waals surface area contributed by atoms with Crippen molar-refractivity contribution in [3.05, 3.63) is 53.4 Å². The molecule has 2 aliphatic heterocycles. The second-order valence-corrected chi connectivity index (χ2v) is 10.9.